The summed E-state index contributed by atoms with van der Waals surface area (Å²) in [6.07, 6.45) is 0. The van der Waals surface area contributed by atoms with Crippen molar-refractivity contribution in [1.29, 1.82) is 0 Å². The first-order valence-electron chi connectivity index (χ1n) is 5.26. The Balaban J connectivity index is 2.24. The summed E-state index contributed by atoms with van der Waals surface area (Å²) in [6.45, 7) is 2.67. The predicted molar refractivity (Wildman–Crippen MR) is 66.1 cm³/mol. The predicted octanol–water partition coefficient (Wildman–Crippen LogP) is 2.13. The molecule has 0 radical (unpaired) electrons. The molecule has 0 bridgehead atoms. The maximum atomic E-state index is 12.1. The molecule has 6 heteroatoms. The van der Waals surface area contributed by atoms with E-state index < -0.39 is 4.92 Å². The van der Waals surface area contributed by atoms with Gasteiger partial charge in [0.05, 0.1) is 10.3 Å². The van der Waals surface area contributed by atoms with Crippen molar-refractivity contribution in [2.75, 3.05) is 12.3 Å². The van der Waals surface area contributed by atoms with Gasteiger partial charge < -0.3 is 4.90 Å². The number of hydrogen-bond donors (Lipinski definition) is 0. The number of thioether (sulfide) groups is 1. The highest BCUT2D eigenvalue weighted by Gasteiger charge is 2.27. The third kappa shape index (κ3) is 2.41. The zero-order chi connectivity index (χ0) is 12.4. The van der Waals surface area contributed by atoms with E-state index in [1.165, 1.54) is 12.1 Å². The van der Waals surface area contributed by atoms with E-state index in [0.29, 0.717) is 12.1 Å². The third-order valence-electron chi connectivity index (χ3n) is 2.69. The van der Waals surface area contributed by atoms with Crippen LogP contribution in [0.25, 0.3) is 0 Å². The van der Waals surface area contributed by atoms with Crippen molar-refractivity contribution < 1.29 is 9.72 Å². The first-order valence-corrected chi connectivity index (χ1v) is 6.31. The minimum absolute atomic E-state index is 0.0460. The minimum Gasteiger partial charge on any atom is -0.326 e. The highest BCUT2D eigenvalue weighted by Crippen LogP contribution is 2.25. The van der Waals surface area contributed by atoms with Crippen molar-refractivity contribution in [2.45, 2.75) is 12.3 Å². The van der Waals surface area contributed by atoms with Crippen LogP contribution in [0.15, 0.2) is 24.3 Å². The lowest BCUT2D eigenvalue weighted by molar-refractivity contribution is -0.384. The van der Waals surface area contributed by atoms with Crippen LogP contribution in [-0.2, 0) is 0 Å². The molecule has 1 aromatic carbocycles. The maximum Gasteiger partial charge on any atom is 0.270 e. The molecule has 1 fully saturated rings. The molecule has 0 aliphatic carbocycles. The summed E-state index contributed by atoms with van der Waals surface area (Å²) in [4.78, 5) is 24.0. The number of non-ortho nitro benzene ring substituents is 1. The van der Waals surface area contributed by atoms with E-state index >= 15 is 0 Å². The summed E-state index contributed by atoms with van der Waals surface area (Å²) in [7, 11) is 0. The lowest BCUT2D eigenvalue weighted by Gasteiger charge is -2.20. The fourth-order valence-electron chi connectivity index (χ4n) is 1.78. The molecule has 5 nitrogen and oxygen atoms in total. The fraction of sp³-hybridized carbons (Fsp3) is 0.364. The maximum absolute atomic E-state index is 12.1. The van der Waals surface area contributed by atoms with Crippen molar-refractivity contribution in [3.8, 4) is 0 Å². The average molecular weight is 252 g/mol. The quantitative estimate of drug-likeness (QED) is 0.597. The van der Waals surface area contributed by atoms with Crippen LogP contribution in [0.4, 0.5) is 5.69 Å². The van der Waals surface area contributed by atoms with Crippen molar-refractivity contribution in [3.63, 3.8) is 0 Å². The van der Waals surface area contributed by atoms with Gasteiger partial charge in [-0.25, -0.2) is 0 Å². The normalized spacial score (nSPS) is 19.4. The number of benzene rings is 1. The molecular formula is C11H12N2O3S. The molecule has 90 valence electrons. The first-order chi connectivity index (χ1) is 8.09. The monoisotopic (exact) mass is 252 g/mol. The molecule has 17 heavy (non-hydrogen) atoms. The molecule has 1 amide bonds. The number of nitro benzene ring substituents is 1. The number of nitro groups is 1. The van der Waals surface area contributed by atoms with Gasteiger partial charge in [-0.15, -0.1) is 11.8 Å². The van der Waals surface area contributed by atoms with Crippen molar-refractivity contribution in [2.24, 2.45) is 0 Å². The Labute approximate surface area is 103 Å². The number of carbonyl (C=O) groups is 1. The highest BCUT2D eigenvalue weighted by molar-refractivity contribution is 8.00. The van der Waals surface area contributed by atoms with E-state index in [4.69, 9.17) is 0 Å². The molecule has 1 aromatic rings. The second kappa shape index (κ2) is 4.75. The van der Waals surface area contributed by atoms with Crippen LogP contribution >= 0.6 is 11.8 Å². The van der Waals surface area contributed by atoms with Crippen LogP contribution in [0.1, 0.15) is 17.3 Å². The summed E-state index contributed by atoms with van der Waals surface area (Å²) in [5.41, 5.74) is 0.337. The van der Waals surface area contributed by atoms with Gasteiger partial charge in [0.25, 0.3) is 11.6 Å². The zero-order valence-corrected chi connectivity index (χ0v) is 10.1. The second-order valence-electron chi connectivity index (χ2n) is 3.78. The molecule has 1 heterocycles. The second-order valence-corrected chi connectivity index (χ2v) is 5.20. The van der Waals surface area contributed by atoms with Crippen LogP contribution in [0.2, 0.25) is 0 Å². The topological polar surface area (TPSA) is 63.5 Å². The molecule has 1 aliphatic rings. The van der Waals surface area contributed by atoms with Gasteiger partial charge in [-0.2, -0.15) is 0 Å². The van der Waals surface area contributed by atoms with Gasteiger partial charge in [0.15, 0.2) is 0 Å². The standard InChI is InChI=1S/C11H12N2O3S/c1-8-12(5-6-17-8)11(14)9-3-2-4-10(7-9)13(15)16/h2-4,7-8H,5-6H2,1H3. The number of carbonyl (C=O) groups excluding carboxylic acids is 1. The van der Waals surface area contributed by atoms with Gasteiger partial charge in [-0.05, 0) is 13.0 Å². The summed E-state index contributed by atoms with van der Waals surface area (Å²) in [5.74, 6) is 0.785. The molecule has 0 spiro atoms. The summed E-state index contributed by atoms with van der Waals surface area (Å²) in [6, 6.07) is 5.88. The van der Waals surface area contributed by atoms with Crippen LogP contribution in [0, 0.1) is 10.1 Å². The minimum atomic E-state index is -0.487. The Morgan fingerprint density at radius 1 is 1.59 bits per heavy atom. The van der Waals surface area contributed by atoms with Crippen LogP contribution in [0.5, 0.6) is 0 Å². The fourth-order valence-corrected chi connectivity index (χ4v) is 2.80. The van der Waals surface area contributed by atoms with E-state index in [1.807, 2.05) is 6.92 Å². The number of rotatable bonds is 2. The Bertz CT molecular complexity index is 464. The van der Waals surface area contributed by atoms with Gasteiger partial charge in [0.1, 0.15) is 0 Å². The van der Waals surface area contributed by atoms with Gasteiger partial charge >= 0.3 is 0 Å². The molecule has 2 rings (SSSR count). The zero-order valence-electron chi connectivity index (χ0n) is 9.33. The Kier molecular flexibility index (Phi) is 3.33. The lowest BCUT2D eigenvalue weighted by atomic mass is 10.2. The van der Waals surface area contributed by atoms with Crippen molar-refractivity contribution in [3.05, 3.63) is 39.9 Å². The number of amides is 1. The van der Waals surface area contributed by atoms with E-state index in [9.17, 15) is 14.9 Å². The van der Waals surface area contributed by atoms with Crippen LogP contribution in [0.3, 0.4) is 0 Å². The van der Waals surface area contributed by atoms with Gasteiger partial charge in [0.2, 0.25) is 0 Å². The molecule has 1 unspecified atom stereocenters. The van der Waals surface area contributed by atoms with E-state index in [2.05, 4.69) is 0 Å². The van der Waals surface area contributed by atoms with E-state index in [-0.39, 0.29) is 17.0 Å². The van der Waals surface area contributed by atoms with E-state index in [1.54, 1.807) is 28.8 Å². The summed E-state index contributed by atoms with van der Waals surface area (Å²) in [5, 5.41) is 10.8. The Morgan fingerprint density at radius 3 is 2.94 bits per heavy atom. The molecule has 1 atom stereocenters. The van der Waals surface area contributed by atoms with Gasteiger partial charge in [-0.3, -0.25) is 14.9 Å². The van der Waals surface area contributed by atoms with E-state index in [0.717, 1.165) is 5.75 Å². The molecule has 1 aliphatic heterocycles. The average Bonchev–Trinajstić information content (AvgIpc) is 2.74. The van der Waals surface area contributed by atoms with Crippen molar-refractivity contribution >= 4 is 23.4 Å². The molecular weight excluding hydrogens is 240 g/mol. The summed E-state index contributed by atoms with van der Waals surface area (Å²) < 4.78 is 0. The van der Waals surface area contributed by atoms with Crippen LogP contribution in [-0.4, -0.2) is 33.4 Å². The van der Waals surface area contributed by atoms with Gasteiger partial charge in [-0.1, -0.05) is 6.07 Å². The Hall–Kier alpha value is -1.56. The smallest absolute Gasteiger partial charge is 0.270 e. The van der Waals surface area contributed by atoms with Crippen molar-refractivity contribution in [1.82, 2.24) is 4.90 Å². The first kappa shape index (κ1) is 11.9. The molecule has 1 saturated heterocycles. The molecule has 0 N–H and O–H groups in total. The number of hydrogen-bond acceptors (Lipinski definition) is 4. The molecule has 0 aromatic heterocycles. The van der Waals surface area contributed by atoms with Crippen LogP contribution < -0.4 is 0 Å². The highest BCUT2D eigenvalue weighted by atomic mass is 32.2. The lowest BCUT2D eigenvalue weighted by Crippen LogP contribution is -2.33. The SMILES string of the molecule is CC1SCCN1C(=O)c1cccc([N+](=O)[O-])c1. The summed E-state index contributed by atoms with van der Waals surface area (Å²) >= 11 is 1.71. The largest absolute Gasteiger partial charge is 0.326 e. The van der Waals surface area contributed by atoms with Gasteiger partial charge in [0, 0.05) is 30.0 Å². The molecule has 0 saturated carbocycles. The number of nitrogens with zero attached hydrogens (tertiary/aromatic N) is 2. The Morgan fingerprint density at radius 2 is 2.35 bits per heavy atom. The third-order valence-corrected chi connectivity index (χ3v) is 3.85.